The van der Waals surface area contributed by atoms with Gasteiger partial charge in [-0.1, -0.05) is 10.3 Å². The number of hydrogen-bond acceptors (Lipinski definition) is 6. The summed E-state index contributed by atoms with van der Waals surface area (Å²) in [7, 11) is 0. The molecule has 0 radical (unpaired) electrons. The van der Waals surface area contributed by atoms with E-state index in [2.05, 4.69) is 15.2 Å². The third-order valence-electron chi connectivity index (χ3n) is 1.42. The second-order valence-electron chi connectivity index (χ2n) is 2.55. The van der Waals surface area contributed by atoms with Gasteiger partial charge in [-0.15, -0.1) is 0 Å². The zero-order valence-corrected chi connectivity index (χ0v) is 8.99. The summed E-state index contributed by atoms with van der Waals surface area (Å²) in [6, 6.07) is 0. The molecule has 92 valence electrons. The van der Waals surface area contributed by atoms with E-state index in [1.165, 1.54) is 6.21 Å². The zero-order chi connectivity index (χ0) is 11.9. The van der Waals surface area contributed by atoms with Gasteiger partial charge in [0, 0.05) is 11.5 Å². The molecule has 0 spiro atoms. The summed E-state index contributed by atoms with van der Waals surface area (Å²) in [6.45, 7) is 2.82. The quantitative estimate of drug-likeness (QED) is 0.108. The average molecular weight is 232 g/mol. The standard InChI is InChI=1S/C8H16N4O4/c9-12-10-1-3-14-5-7-16-8-6-15-4-2-11-13/h2,13H,1,3-8H2/b11-2+. The number of nitrogens with zero attached hydrogens (tertiary/aromatic N) is 4. The van der Waals surface area contributed by atoms with Gasteiger partial charge >= 0.3 is 0 Å². The first kappa shape index (κ1) is 14.7. The van der Waals surface area contributed by atoms with E-state index in [4.69, 9.17) is 24.9 Å². The molecule has 0 saturated heterocycles. The van der Waals surface area contributed by atoms with Crippen LogP contribution in [-0.2, 0) is 14.2 Å². The van der Waals surface area contributed by atoms with Gasteiger partial charge in [0.25, 0.3) is 0 Å². The Kier molecular flexibility index (Phi) is 12.5. The highest BCUT2D eigenvalue weighted by atomic mass is 16.5. The topological polar surface area (TPSA) is 109 Å². The van der Waals surface area contributed by atoms with Crippen molar-refractivity contribution >= 4 is 6.21 Å². The summed E-state index contributed by atoms with van der Waals surface area (Å²) in [5, 5.41) is 14.1. The van der Waals surface area contributed by atoms with Crippen LogP contribution in [0.4, 0.5) is 0 Å². The molecule has 0 heterocycles. The largest absolute Gasteiger partial charge is 0.411 e. The van der Waals surface area contributed by atoms with Gasteiger partial charge in [-0.25, -0.2) is 0 Å². The van der Waals surface area contributed by atoms with Crippen LogP contribution in [0.15, 0.2) is 10.3 Å². The van der Waals surface area contributed by atoms with E-state index >= 15 is 0 Å². The van der Waals surface area contributed by atoms with Crippen molar-refractivity contribution in [1.82, 2.24) is 0 Å². The lowest BCUT2D eigenvalue weighted by Gasteiger charge is -2.04. The van der Waals surface area contributed by atoms with Gasteiger partial charge in [0.2, 0.25) is 0 Å². The Balaban J connectivity index is 2.95. The van der Waals surface area contributed by atoms with Crippen molar-refractivity contribution in [2.75, 3.05) is 46.2 Å². The lowest BCUT2D eigenvalue weighted by molar-refractivity contribution is 0.0229. The predicted molar refractivity (Wildman–Crippen MR) is 56.7 cm³/mol. The van der Waals surface area contributed by atoms with Crippen LogP contribution in [0.1, 0.15) is 0 Å². The maximum Gasteiger partial charge on any atom is 0.0853 e. The van der Waals surface area contributed by atoms with Gasteiger partial charge in [0.1, 0.15) is 0 Å². The zero-order valence-electron chi connectivity index (χ0n) is 8.99. The van der Waals surface area contributed by atoms with Crippen LogP contribution in [0.2, 0.25) is 0 Å². The first-order chi connectivity index (χ1) is 7.91. The molecule has 0 aliphatic heterocycles. The second-order valence-corrected chi connectivity index (χ2v) is 2.55. The molecule has 0 rings (SSSR count). The molecule has 0 saturated carbocycles. The van der Waals surface area contributed by atoms with Gasteiger partial charge in [-0.3, -0.25) is 0 Å². The Hall–Kier alpha value is -1.34. The Morgan fingerprint density at radius 3 is 2.31 bits per heavy atom. The van der Waals surface area contributed by atoms with Gasteiger partial charge < -0.3 is 19.4 Å². The van der Waals surface area contributed by atoms with Crippen molar-refractivity contribution in [3.8, 4) is 0 Å². The van der Waals surface area contributed by atoms with Crippen LogP contribution in [0.5, 0.6) is 0 Å². The monoisotopic (exact) mass is 232 g/mol. The first-order valence-electron chi connectivity index (χ1n) is 4.81. The molecule has 0 atom stereocenters. The molecule has 8 heteroatoms. The molecule has 8 nitrogen and oxygen atoms in total. The Labute approximate surface area is 93.4 Å². The van der Waals surface area contributed by atoms with Crippen molar-refractivity contribution in [2.24, 2.45) is 10.3 Å². The molecule has 1 N–H and O–H groups in total. The summed E-state index contributed by atoms with van der Waals surface area (Å²) < 4.78 is 15.3. The third-order valence-corrected chi connectivity index (χ3v) is 1.42. The number of oxime groups is 1. The number of azide groups is 1. The fraction of sp³-hybridized carbons (Fsp3) is 0.875. The Bertz CT molecular complexity index is 218. The predicted octanol–water partition coefficient (Wildman–Crippen LogP) is 0.806. The van der Waals surface area contributed by atoms with Crippen LogP contribution in [-0.4, -0.2) is 57.6 Å². The van der Waals surface area contributed by atoms with Crippen molar-refractivity contribution < 1.29 is 19.4 Å². The molecule has 0 unspecified atom stereocenters. The lowest BCUT2D eigenvalue weighted by Crippen LogP contribution is -2.11. The second kappa shape index (κ2) is 13.7. The van der Waals surface area contributed by atoms with Crippen LogP contribution in [0, 0.1) is 0 Å². The molecular weight excluding hydrogens is 216 g/mol. The lowest BCUT2D eigenvalue weighted by atomic mass is 10.7. The molecule has 0 amide bonds. The van der Waals surface area contributed by atoms with E-state index in [0.717, 1.165) is 0 Å². The van der Waals surface area contributed by atoms with E-state index in [0.29, 0.717) is 39.6 Å². The molecule has 0 aliphatic carbocycles. The summed E-state index contributed by atoms with van der Waals surface area (Å²) >= 11 is 0. The first-order valence-corrected chi connectivity index (χ1v) is 4.81. The van der Waals surface area contributed by atoms with Crippen LogP contribution in [0.25, 0.3) is 10.4 Å². The van der Waals surface area contributed by atoms with Gasteiger partial charge in [-0.05, 0) is 5.53 Å². The highest BCUT2D eigenvalue weighted by Gasteiger charge is 1.90. The van der Waals surface area contributed by atoms with Gasteiger partial charge in [0.15, 0.2) is 0 Å². The normalized spacial score (nSPS) is 10.5. The molecular formula is C8H16N4O4. The smallest absolute Gasteiger partial charge is 0.0853 e. The highest BCUT2D eigenvalue weighted by molar-refractivity contribution is 5.57. The van der Waals surface area contributed by atoms with E-state index in [-0.39, 0.29) is 6.61 Å². The van der Waals surface area contributed by atoms with Gasteiger partial charge in [0.05, 0.1) is 45.9 Å². The molecule has 0 aromatic heterocycles. The Morgan fingerprint density at radius 2 is 1.69 bits per heavy atom. The van der Waals surface area contributed by atoms with Crippen molar-refractivity contribution in [3.05, 3.63) is 10.4 Å². The number of rotatable bonds is 11. The van der Waals surface area contributed by atoms with Crippen molar-refractivity contribution in [2.45, 2.75) is 0 Å². The molecule has 0 fully saturated rings. The van der Waals surface area contributed by atoms with Crippen LogP contribution in [0.3, 0.4) is 0 Å². The maximum atomic E-state index is 8.04. The van der Waals surface area contributed by atoms with E-state index in [1.807, 2.05) is 0 Å². The summed E-state index contributed by atoms with van der Waals surface area (Å²) in [4.78, 5) is 2.59. The number of hydrogen-bond donors (Lipinski definition) is 1. The highest BCUT2D eigenvalue weighted by Crippen LogP contribution is 1.81. The van der Waals surface area contributed by atoms with Crippen molar-refractivity contribution in [3.63, 3.8) is 0 Å². The fourth-order valence-electron chi connectivity index (χ4n) is 0.759. The fourth-order valence-corrected chi connectivity index (χ4v) is 0.759. The molecule has 16 heavy (non-hydrogen) atoms. The molecule has 0 aliphatic rings. The third kappa shape index (κ3) is 12.7. The summed E-state index contributed by atoms with van der Waals surface area (Å²) in [6.07, 6.45) is 1.25. The van der Waals surface area contributed by atoms with Crippen LogP contribution >= 0.6 is 0 Å². The maximum absolute atomic E-state index is 8.04. The summed E-state index contributed by atoms with van der Waals surface area (Å²) in [5.74, 6) is 0. The van der Waals surface area contributed by atoms with E-state index in [9.17, 15) is 0 Å². The van der Waals surface area contributed by atoms with E-state index in [1.54, 1.807) is 0 Å². The minimum atomic E-state index is 0.266. The minimum Gasteiger partial charge on any atom is -0.411 e. The number of ether oxygens (including phenoxy) is 3. The Morgan fingerprint density at radius 1 is 1.06 bits per heavy atom. The summed E-state index contributed by atoms with van der Waals surface area (Å²) in [5.41, 5.74) is 7.97. The van der Waals surface area contributed by atoms with E-state index < -0.39 is 0 Å². The van der Waals surface area contributed by atoms with Crippen LogP contribution < -0.4 is 0 Å². The van der Waals surface area contributed by atoms with Crippen molar-refractivity contribution in [1.29, 1.82) is 0 Å². The average Bonchev–Trinajstić information content (AvgIpc) is 2.31. The van der Waals surface area contributed by atoms with Gasteiger partial charge in [-0.2, -0.15) is 0 Å². The molecule has 0 bridgehead atoms. The SMILES string of the molecule is [N-]=[N+]=NCCOCCOCCOC/C=N/O. The molecule has 0 aromatic carbocycles. The molecule has 0 aromatic rings. The minimum absolute atomic E-state index is 0.266.